The van der Waals surface area contributed by atoms with E-state index in [1.165, 1.54) is 7.11 Å². The first-order valence-electron chi connectivity index (χ1n) is 8.55. The first-order chi connectivity index (χ1) is 12.0. The minimum Gasteiger partial charge on any atom is -0.496 e. The van der Waals surface area contributed by atoms with Crippen molar-refractivity contribution < 1.29 is 19.1 Å². The normalized spacial score (nSPS) is 20.7. The fourth-order valence-corrected chi connectivity index (χ4v) is 3.43. The van der Waals surface area contributed by atoms with Crippen molar-refractivity contribution in [1.29, 1.82) is 0 Å². The Labute approximate surface area is 152 Å². The predicted octanol–water partition coefficient (Wildman–Crippen LogP) is 2.12. The van der Waals surface area contributed by atoms with E-state index in [0.717, 1.165) is 18.4 Å². The molecule has 1 aromatic carbocycles. The number of methoxy groups -OCH3 is 1. The zero-order valence-corrected chi connectivity index (χ0v) is 15.3. The summed E-state index contributed by atoms with van der Waals surface area (Å²) in [6.45, 7) is 4.55. The second-order valence-corrected chi connectivity index (χ2v) is 6.83. The molecule has 0 saturated carbocycles. The second-order valence-electron chi connectivity index (χ2n) is 6.42. The standard InChI is InChI=1S/C18H23ClN2O4/c1-12-10-16(24-2)13(11-14(12)19)17(22)20-5-7-21(8-6-20)18(23)15-4-3-9-25-15/h10-11,15H,3-9H2,1-2H3. The molecule has 2 fully saturated rings. The van der Waals surface area contributed by atoms with Crippen molar-refractivity contribution in [3.05, 3.63) is 28.3 Å². The van der Waals surface area contributed by atoms with Gasteiger partial charge >= 0.3 is 0 Å². The van der Waals surface area contributed by atoms with Crippen LogP contribution < -0.4 is 4.74 Å². The van der Waals surface area contributed by atoms with Crippen molar-refractivity contribution in [3.63, 3.8) is 0 Å². The van der Waals surface area contributed by atoms with Gasteiger partial charge in [-0.1, -0.05) is 11.6 Å². The molecule has 0 aliphatic carbocycles. The molecule has 3 rings (SSSR count). The third-order valence-corrected chi connectivity index (χ3v) is 5.20. The summed E-state index contributed by atoms with van der Waals surface area (Å²) in [5, 5.41) is 0.538. The number of carbonyl (C=O) groups is 2. The molecule has 0 bridgehead atoms. The molecule has 25 heavy (non-hydrogen) atoms. The van der Waals surface area contributed by atoms with E-state index in [9.17, 15) is 9.59 Å². The van der Waals surface area contributed by atoms with Crippen molar-refractivity contribution in [1.82, 2.24) is 9.80 Å². The summed E-state index contributed by atoms with van der Waals surface area (Å²) in [5.74, 6) is 0.438. The molecular weight excluding hydrogens is 344 g/mol. The van der Waals surface area contributed by atoms with Crippen LogP contribution in [-0.2, 0) is 9.53 Å². The molecule has 7 heteroatoms. The summed E-state index contributed by atoms with van der Waals surface area (Å²) in [6.07, 6.45) is 1.41. The quantitative estimate of drug-likeness (QED) is 0.822. The van der Waals surface area contributed by atoms with Crippen LogP contribution in [0.25, 0.3) is 0 Å². The molecule has 1 aromatic rings. The highest BCUT2D eigenvalue weighted by molar-refractivity contribution is 6.31. The van der Waals surface area contributed by atoms with Gasteiger partial charge in [0.05, 0.1) is 12.7 Å². The van der Waals surface area contributed by atoms with E-state index in [0.29, 0.717) is 49.1 Å². The van der Waals surface area contributed by atoms with Gasteiger partial charge in [-0.2, -0.15) is 0 Å². The number of piperazine rings is 1. The summed E-state index contributed by atoms with van der Waals surface area (Å²) < 4.78 is 10.8. The average Bonchev–Trinajstić information content (AvgIpc) is 3.17. The third-order valence-electron chi connectivity index (χ3n) is 4.79. The number of ether oxygens (including phenoxy) is 2. The fraction of sp³-hybridized carbons (Fsp3) is 0.556. The van der Waals surface area contributed by atoms with Crippen LogP contribution in [0.15, 0.2) is 12.1 Å². The number of amides is 2. The molecule has 2 amide bonds. The molecule has 0 aromatic heterocycles. The van der Waals surface area contributed by atoms with Gasteiger partial charge in [0.25, 0.3) is 11.8 Å². The molecule has 2 aliphatic heterocycles. The molecule has 1 unspecified atom stereocenters. The van der Waals surface area contributed by atoms with Gasteiger partial charge in [-0.3, -0.25) is 9.59 Å². The van der Waals surface area contributed by atoms with Crippen molar-refractivity contribution in [2.45, 2.75) is 25.9 Å². The lowest BCUT2D eigenvalue weighted by Crippen LogP contribution is -2.52. The molecule has 2 saturated heterocycles. The topological polar surface area (TPSA) is 59.1 Å². The lowest BCUT2D eigenvalue weighted by atomic mass is 10.1. The predicted molar refractivity (Wildman–Crippen MR) is 94.2 cm³/mol. The Morgan fingerprint density at radius 3 is 2.48 bits per heavy atom. The highest BCUT2D eigenvalue weighted by Gasteiger charge is 2.32. The Hall–Kier alpha value is -1.79. The van der Waals surface area contributed by atoms with E-state index >= 15 is 0 Å². The van der Waals surface area contributed by atoms with Crippen LogP contribution in [0.2, 0.25) is 5.02 Å². The maximum atomic E-state index is 12.8. The van der Waals surface area contributed by atoms with E-state index < -0.39 is 0 Å². The molecule has 2 heterocycles. The molecule has 6 nitrogen and oxygen atoms in total. The largest absolute Gasteiger partial charge is 0.496 e. The summed E-state index contributed by atoms with van der Waals surface area (Å²) in [4.78, 5) is 28.8. The van der Waals surface area contributed by atoms with Gasteiger partial charge in [0.1, 0.15) is 11.9 Å². The van der Waals surface area contributed by atoms with Gasteiger partial charge in [0, 0.05) is 37.8 Å². The second kappa shape index (κ2) is 7.62. The first kappa shape index (κ1) is 18.0. The van der Waals surface area contributed by atoms with E-state index in [1.54, 1.807) is 21.9 Å². The number of aryl methyl sites for hydroxylation is 1. The molecular formula is C18H23ClN2O4. The van der Waals surface area contributed by atoms with Crippen LogP contribution in [0.4, 0.5) is 0 Å². The summed E-state index contributed by atoms with van der Waals surface area (Å²) >= 11 is 6.17. The maximum absolute atomic E-state index is 12.8. The third kappa shape index (κ3) is 3.75. The minimum absolute atomic E-state index is 0.0422. The molecule has 2 aliphatic rings. The van der Waals surface area contributed by atoms with Crippen LogP contribution in [0.5, 0.6) is 5.75 Å². The Bertz CT molecular complexity index is 665. The number of hydrogen-bond acceptors (Lipinski definition) is 4. The summed E-state index contributed by atoms with van der Waals surface area (Å²) in [7, 11) is 1.54. The van der Waals surface area contributed by atoms with E-state index in [-0.39, 0.29) is 17.9 Å². The van der Waals surface area contributed by atoms with E-state index in [2.05, 4.69) is 0 Å². The number of nitrogens with zero attached hydrogens (tertiary/aromatic N) is 2. The van der Waals surface area contributed by atoms with E-state index in [1.807, 2.05) is 6.92 Å². The number of hydrogen-bond donors (Lipinski definition) is 0. The average molecular weight is 367 g/mol. The zero-order chi connectivity index (χ0) is 18.0. The number of carbonyl (C=O) groups excluding carboxylic acids is 2. The van der Waals surface area contributed by atoms with Gasteiger partial charge < -0.3 is 19.3 Å². The number of benzene rings is 1. The number of rotatable bonds is 3. The lowest BCUT2D eigenvalue weighted by molar-refractivity contribution is -0.142. The zero-order valence-electron chi connectivity index (χ0n) is 14.6. The van der Waals surface area contributed by atoms with Crippen molar-refractivity contribution in [2.24, 2.45) is 0 Å². The summed E-state index contributed by atoms with van der Waals surface area (Å²) in [5.41, 5.74) is 1.32. The number of halogens is 1. The minimum atomic E-state index is -0.307. The summed E-state index contributed by atoms with van der Waals surface area (Å²) in [6, 6.07) is 3.43. The van der Waals surface area contributed by atoms with Crippen LogP contribution in [-0.4, -0.2) is 67.6 Å². The Morgan fingerprint density at radius 1 is 1.20 bits per heavy atom. The fourth-order valence-electron chi connectivity index (χ4n) is 3.27. The van der Waals surface area contributed by atoms with Gasteiger partial charge in [-0.05, 0) is 37.5 Å². The molecule has 136 valence electrons. The smallest absolute Gasteiger partial charge is 0.257 e. The van der Waals surface area contributed by atoms with Crippen LogP contribution in [0.1, 0.15) is 28.8 Å². The monoisotopic (exact) mass is 366 g/mol. The highest BCUT2D eigenvalue weighted by Crippen LogP contribution is 2.28. The van der Waals surface area contributed by atoms with Crippen molar-refractivity contribution in [3.8, 4) is 5.75 Å². The molecule has 0 spiro atoms. The van der Waals surface area contributed by atoms with Gasteiger partial charge in [-0.15, -0.1) is 0 Å². The Balaban J connectivity index is 1.65. The first-order valence-corrected chi connectivity index (χ1v) is 8.93. The Kier molecular flexibility index (Phi) is 5.49. The highest BCUT2D eigenvalue weighted by atomic mass is 35.5. The van der Waals surface area contributed by atoms with Crippen LogP contribution in [0, 0.1) is 6.92 Å². The van der Waals surface area contributed by atoms with Gasteiger partial charge in [0.2, 0.25) is 0 Å². The van der Waals surface area contributed by atoms with Crippen molar-refractivity contribution in [2.75, 3.05) is 39.9 Å². The van der Waals surface area contributed by atoms with Gasteiger partial charge in [0.15, 0.2) is 0 Å². The molecule has 0 radical (unpaired) electrons. The van der Waals surface area contributed by atoms with Gasteiger partial charge in [-0.25, -0.2) is 0 Å². The van der Waals surface area contributed by atoms with Crippen molar-refractivity contribution >= 4 is 23.4 Å². The van der Waals surface area contributed by atoms with Crippen LogP contribution in [0.3, 0.4) is 0 Å². The van der Waals surface area contributed by atoms with E-state index in [4.69, 9.17) is 21.1 Å². The Morgan fingerprint density at radius 2 is 1.88 bits per heavy atom. The lowest BCUT2D eigenvalue weighted by Gasteiger charge is -2.36. The molecule has 1 atom stereocenters. The molecule has 0 N–H and O–H groups in total. The SMILES string of the molecule is COc1cc(C)c(Cl)cc1C(=O)N1CCN(C(=O)C2CCCO2)CC1. The van der Waals surface area contributed by atoms with Crippen LogP contribution >= 0.6 is 11.6 Å². The maximum Gasteiger partial charge on any atom is 0.257 e.